The minimum atomic E-state index is -1.08. The zero-order chi connectivity index (χ0) is 21.7. The van der Waals surface area contributed by atoms with Crippen LogP contribution in [0.15, 0.2) is 50.7 Å². The standard InChI is InChI=1S/C19H15BrN4O6/c1-29-15-9-12(2-3-14-16(24(27)28)18(25)23-19(26)22-14)8-13(20)17(15)30-10-11-4-6-21-7-5-11/h2-9H,10H2,1H3,(H2,22,23,25,26). The molecule has 0 aliphatic heterocycles. The number of halogens is 1. The Kier molecular flexibility index (Phi) is 6.42. The van der Waals surface area contributed by atoms with Crippen LogP contribution in [-0.2, 0) is 6.61 Å². The number of benzene rings is 1. The number of nitrogens with one attached hydrogen (secondary N) is 2. The molecule has 0 saturated heterocycles. The van der Waals surface area contributed by atoms with Crippen molar-refractivity contribution in [1.82, 2.24) is 15.0 Å². The fourth-order valence-corrected chi connectivity index (χ4v) is 3.16. The van der Waals surface area contributed by atoms with Gasteiger partial charge in [-0.3, -0.25) is 24.9 Å². The number of aromatic nitrogens is 3. The molecule has 0 unspecified atom stereocenters. The second-order valence-electron chi connectivity index (χ2n) is 5.94. The molecule has 0 radical (unpaired) electrons. The van der Waals surface area contributed by atoms with Crippen LogP contribution in [0.5, 0.6) is 11.5 Å². The van der Waals surface area contributed by atoms with E-state index in [9.17, 15) is 19.7 Å². The van der Waals surface area contributed by atoms with Crippen LogP contribution in [0.4, 0.5) is 5.69 Å². The predicted molar refractivity (Wildman–Crippen MR) is 113 cm³/mol. The Hall–Kier alpha value is -3.73. The number of H-pyrrole nitrogens is 2. The van der Waals surface area contributed by atoms with Gasteiger partial charge in [-0.2, -0.15) is 0 Å². The molecule has 2 N–H and O–H groups in total. The van der Waals surface area contributed by atoms with Gasteiger partial charge in [-0.1, -0.05) is 6.08 Å². The molecule has 2 heterocycles. The highest BCUT2D eigenvalue weighted by atomic mass is 79.9. The van der Waals surface area contributed by atoms with E-state index in [1.165, 1.54) is 19.3 Å². The first-order chi connectivity index (χ1) is 14.4. The monoisotopic (exact) mass is 474 g/mol. The third-order valence-electron chi connectivity index (χ3n) is 3.95. The summed E-state index contributed by atoms with van der Waals surface area (Å²) in [6, 6.07) is 7.01. The summed E-state index contributed by atoms with van der Waals surface area (Å²) in [5.41, 5.74) is -1.39. The Morgan fingerprint density at radius 1 is 1.20 bits per heavy atom. The van der Waals surface area contributed by atoms with Crippen LogP contribution in [0.3, 0.4) is 0 Å². The number of pyridine rings is 1. The van der Waals surface area contributed by atoms with E-state index in [0.717, 1.165) is 5.56 Å². The minimum absolute atomic E-state index is 0.221. The molecule has 0 amide bonds. The van der Waals surface area contributed by atoms with Crippen LogP contribution in [0, 0.1) is 10.1 Å². The van der Waals surface area contributed by atoms with Crippen LogP contribution >= 0.6 is 15.9 Å². The highest BCUT2D eigenvalue weighted by Crippen LogP contribution is 2.37. The van der Waals surface area contributed by atoms with E-state index in [1.54, 1.807) is 24.5 Å². The molecule has 0 atom stereocenters. The third-order valence-corrected chi connectivity index (χ3v) is 4.54. The molecule has 0 saturated carbocycles. The lowest BCUT2D eigenvalue weighted by molar-refractivity contribution is -0.386. The average Bonchev–Trinajstić information content (AvgIpc) is 2.71. The van der Waals surface area contributed by atoms with Gasteiger partial charge in [0.1, 0.15) is 12.3 Å². The maximum absolute atomic E-state index is 11.7. The number of hydrogen-bond donors (Lipinski definition) is 2. The first-order valence-corrected chi connectivity index (χ1v) is 9.26. The maximum Gasteiger partial charge on any atom is 0.357 e. The third kappa shape index (κ3) is 4.81. The fraction of sp³-hybridized carbons (Fsp3) is 0.105. The van der Waals surface area contributed by atoms with E-state index in [2.05, 4.69) is 25.9 Å². The van der Waals surface area contributed by atoms with Gasteiger partial charge in [0.2, 0.25) is 0 Å². The number of nitro groups is 1. The van der Waals surface area contributed by atoms with Gasteiger partial charge < -0.3 is 14.5 Å². The fourth-order valence-electron chi connectivity index (χ4n) is 2.59. The van der Waals surface area contributed by atoms with E-state index in [0.29, 0.717) is 28.1 Å². The molecule has 2 aromatic heterocycles. The molecule has 0 spiro atoms. The lowest BCUT2D eigenvalue weighted by Gasteiger charge is -2.13. The topological polar surface area (TPSA) is 140 Å². The number of aromatic amines is 2. The minimum Gasteiger partial charge on any atom is -0.493 e. The number of rotatable bonds is 7. The van der Waals surface area contributed by atoms with E-state index in [4.69, 9.17) is 9.47 Å². The number of ether oxygens (including phenoxy) is 2. The normalized spacial score (nSPS) is 10.9. The van der Waals surface area contributed by atoms with E-state index < -0.39 is 21.9 Å². The van der Waals surface area contributed by atoms with Gasteiger partial charge in [-0.15, -0.1) is 0 Å². The Labute approximate surface area is 177 Å². The zero-order valence-electron chi connectivity index (χ0n) is 15.5. The smallest absolute Gasteiger partial charge is 0.357 e. The van der Waals surface area contributed by atoms with Crippen molar-refractivity contribution in [2.75, 3.05) is 7.11 Å². The van der Waals surface area contributed by atoms with Crippen LogP contribution in [0.25, 0.3) is 12.2 Å². The molecule has 30 heavy (non-hydrogen) atoms. The van der Waals surface area contributed by atoms with Crippen LogP contribution in [0.2, 0.25) is 0 Å². The summed E-state index contributed by atoms with van der Waals surface area (Å²) < 4.78 is 11.8. The lowest BCUT2D eigenvalue weighted by Crippen LogP contribution is -2.25. The second-order valence-corrected chi connectivity index (χ2v) is 6.79. The van der Waals surface area contributed by atoms with Crippen molar-refractivity contribution < 1.29 is 14.4 Å². The lowest BCUT2D eigenvalue weighted by atomic mass is 10.1. The molecule has 0 fully saturated rings. The number of hydrogen-bond acceptors (Lipinski definition) is 7. The maximum atomic E-state index is 11.7. The molecule has 0 aliphatic carbocycles. The molecule has 0 bridgehead atoms. The molecule has 10 nitrogen and oxygen atoms in total. The average molecular weight is 475 g/mol. The van der Waals surface area contributed by atoms with Crippen LogP contribution in [-0.4, -0.2) is 27.0 Å². The largest absolute Gasteiger partial charge is 0.493 e. The predicted octanol–water partition coefficient (Wildman–Crippen LogP) is 2.89. The Balaban J connectivity index is 1.91. The van der Waals surface area contributed by atoms with Gasteiger partial charge in [0.25, 0.3) is 0 Å². The number of nitrogens with zero attached hydrogens (tertiary/aromatic N) is 2. The molecule has 154 valence electrons. The van der Waals surface area contributed by atoms with Gasteiger partial charge in [0.15, 0.2) is 11.5 Å². The second kappa shape index (κ2) is 9.18. The SMILES string of the molecule is COc1cc(C=Cc2[nH]c(=O)[nH]c(=O)c2[N+](=O)[O-])cc(Br)c1OCc1ccncc1. The summed E-state index contributed by atoms with van der Waals surface area (Å²) in [7, 11) is 1.48. The zero-order valence-corrected chi connectivity index (χ0v) is 17.1. The van der Waals surface area contributed by atoms with Crippen molar-refractivity contribution in [1.29, 1.82) is 0 Å². The molecule has 0 aliphatic rings. The summed E-state index contributed by atoms with van der Waals surface area (Å²) in [4.78, 5) is 41.5. The van der Waals surface area contributed by atoms with Gasteiger partial charge in [0, 0.05) is 12.4 Å². The van der Waals surface area contributed by atoms with E-state index >= 15 is 0 Å². The molecule has 11 heteroatoms. The van der Waals surface area contributed by atoms with Gasteiger partial charge in [0.05, 0.1) is 16.5 Å². The summed E-state index contributed by atoms with van der Waals surface area (Å²) in [5.74, 6) is 0.897. The Morgan fingerprint density at radius 3 is 2.60 bits per heavy atom. The van der Waals surface area contributed by atoms with Crippen molar-refractivity contribution in [3.8, 4) is 11.5 Å². The van der Waals surface area contributed by atoms with E-state index in [-0.39, 0.29) is 5.69 Å². The van der Waals surface area contributed by atoms with Crippen LogP contribution < -0.4 is 20.7 Å². The Morgan fingerprint density at radius 2 is 1.93 bits per heavy atom. The molecular formula is C19H15BrN4O6. The highest BCUT2D eigenvalue weighted by Gasteiger charge is 2.19. The summed E-state index contributed by atoms with van der Waals surface area (Å²) in [6.45, 7) is 0.299. The summed E-state index contributed by atoms with van der Waals surface area (Å²) in [5, 5.41) is 11.1. The molecule has 1 aromatic carbocycles. The van der Waals surface area contributed by atoms with Gasteiger partial charge >= 0.3 is 16.9 Å². The first-order valence-electron chi connectivity index (χ1n) is 8.47. The van der Waals surface area contributed by atoms with Gasteiger partial charge in [-0.05, 0) is 57.4 Å². The quantitative estimate of drug-likeness (QED) is 0.396. The van der Waals surface area contributed by atoms with Crippen molar-refractivity contribution >= 4 is 33.8 Å². The van der Waals surface area contributed by atoms with Crippen LogP contribution in [0.1, 0.15) is 16.8 Å². The van der Waals surface area contributed by atoms with Crippen molar-refractivity contribution in [3.63, 3.8) is 0 Å². The number of methoxy groups -OCH3 is 1. The molecule has 3 aromatic rings. The Bertz CT molecular complexity index is 1220. The van der Waals surface area contributed by atoms with Crippen molar-refractivity contribution in [2.45, 2.75) is 6.61 Å². The highest BCUT2D eigenvalue weighted by molar-refractivity contribution is 9.10. The summed E-state index contributed by atoms with van der Waals surface area (Å²) >= 11 is 3.43. The molecule has 3 rings (SSSR count). The van der Waals surface area contributed by atoms with Gasteiger partial charge in [-0.25, -0.2) is 4.79 Å². The summed E-state index contributed by atoms with van der Waals surface area (Å²) in [6.07, 6.45) is 6.10. The molecular weight excluding hydrogens is 460 g/mol. The first kappa shape index (κ1) is 21.0. The van der Waals surface area contributed by atoms with E-state index in [1.807, 2.05) is 17.1 Å². The van der Waals surface area contributed by atoms with Crippen molar-refractivity contribution in [2.24, 2.45) is 0 Å². The van der Waals surface area contributed by atoms with Crippen molar-refractivity contribution in [3.05, 3.63) is 88.9 Å².